The molecule has 114 valence electrons. The van der Waals surface area contributed by atoms with Crippen LogP contribution in [0, 0.1) is 5.92 Å². The maximum atomic E-state index is 12.8. The van der Waals surface area contributed by atoms with Gasteiger partial charge in [0.15, 0.2) is 0 Å². The molecule has 0 aromatic carbocycles. The van der Waals surface area contributed by atoms with Crippen molar-refractivity contribution in [3.05, 3.63) is 23.0 Å². The monoisotopic (exact) mass is 310 g/mol. The zero-order chi connectivity index (χ0) is 15.1. The standard InChI is InChI=1S/C15H19ClN2O3/c1-9-4-5-17(13(6-9)15(20)21)14(19)12-7-10(16)8-18(12)11-2-3-11/h7-9,11,13H,2-6H2,1H3,(H,20,21). The van der Waals surface area contributed by atoms with Crippen LogP contribution in [0.4, 0.5) is 0 Å². The smallest absolute Gasteiger partial charge is 0.326 e. The molecule has 3 rings (SSSR count). The molecule has 2 aliphatic rings. The number of amides is 1. The van der Waals surface area contributed by atoms with Crippen molar-refractivity contribution >= 4 is 23.5 Å². The van der Waals surface area contributed by atoms with Crippen LogP contribution in [-0.4, -0.2) is 39.0 Å². The molecule has 2 fully saturated rings. The number of rotatable bonds is 3. The SMILES string of the molecule is CC1CCN(C(=O)c2cc(Cl)cn2C2CC2)C(C(=O)O)C1. The minimum atomic E-state index is -0.925. The largest absolute Gasteiger partial charge is 0.480 e. The summed E-state index contributed by atoms with van der Waals surface area (Å²) in [6.07, 6.45) is 5.22. The Morgan fingerprint density at radius 2 is 2.05 bits per heavy atom. The fourth-order valence-corrected chi connectivity index (χ4v) is 3.25. The number of carbonyl (C=O) groups is 2. The van der Waals surface area contributed by atoms with Crippen molar-refractivity contribution in [2.75, 3.05) is 6.54 Å². The average molecular weight is 311 g/mol. The highest BCUT2D eigenvalue weighted by Crippen LogP contribution is 2.38. The van der Waals surface area contributed by atoms with Crippen LogP contribution in [0.15, 0.2) is 12.3 Å². The molecule has 2 heterocycles. The van der Waals surface area contributed by atoms with E-state index in [1.807, 2.05) is 11.5 Å². The predicted molar refractivity (Wildman–Crippen MR) is 78.6 cm³/mol. The second-order valence-electron chi connectivity index (χ2n) is 6.16. The average Bonchev–Trinajstić information content (AvgIpc) is 3.20. The number of halogens is 1. The van der Waals surface area contributed by atoms with Crippen LogP contribution in [0.5, 0.6) is 0 Å². The lowest BCUT2D eigenvalue weighted by Gasteiger charge is -2.36. The van der Waals surface area contributed by atoms with Crippen LogP contribution >= 0.6 is 11.6 Å². The minimum Gasteiger partial charge on any atom is -0.480 e. The Hall–Kier alpha value is -1.49. The summed E-state index contributed by atoms with van der Waals surface area (Å²) < 4.78 is 1.90. The highest BCUT2D eigenvalue weighted by Gasteiger charge is 2.37. The van der Waals surface area contributed by atoms with Crippen LogP contribution in [-0.2, 0) is 4.79 Å². The molecule has 1 saturated carbocycles. The molecular formula is C15H19ClN2O3. The molecule has 0 radical (unpaired) electrons. The lowest BCUT2D eigenvalue weighted by molar-refractivity contribution is -0.144. The zero-order valence-corrected chi connectivity index (χ0v) is 12.7. The van der Waals surface area contributed by atoms with E-state index in [1.165, 1.54) is 4.90 Å². The van der Waals surface area contributed by atoms with E-state index in [9.17, 15) is 14.7 Å². The number of nitrogens with zero attached hydrogens (tertiary/aromatic N) is 2. The van der Waals surface area contributed by atoms with E-state index in [1.54, 1.807) is 12.3 Å². The Balaban J connectivity index is 1.88. The molecule has 1 aliphatic heterocycles. The fraction of sp³-hybridized carbons (Fsp3) is 0.600. The van der Waals surface area contributed by atoms with Crippen molar-refractivity contribution in [2.45, 2.75) is 44.7 Å². The lowest BCUT2D eigenvalue weighted by Crippen LogP contribution is -2.50. The van der Waals surface area contributed by atoms with Crippen molar-refractivity contribution < 1.29 is 14.7 Å². The van der Waals surface area contributed by atoms with Crippen molar-refractivity contribution in [2.24, 2.45) is 5.92 Å². The maximum Gasteiger partial charge on any atom is 0.326 e. The number of hydrogen-bond acceptors (Lipinski definition) is 2. The summed E-state index contributed by atoms with van der Waals surface area (Å²) >= 11 is 6.03. The van der Waals surface area contributed by atoms with E-state index in [4.69, 9.17) is 11.6 Å². The van der Waals surface area contributed by atoms with Crippen LogP contribution < -0.4 is 0 Å². The topological polar surface area (TPSA) is 62.5 Å². The maximum absolute atomic E-state index is 12.8. The van der Waals surface area contributed by atoms with Gasteiger partial charge in [-0.25, -0.2) is 4.79 Å². The van der Waals surface area contributed by atoms with Crippen molar-refractivity contribution in [3.63, 3.8) is 0 Å². The molecule has 0 bridgehead atoms. The summed E-state index contributed by atoms with van der Waals surface area (Å²) in [7, 11) is 0. The van der Waals surface area contributed by atoms with E-state index in [0.717, 1.165) is 19.3 Å². The van der Waals surface area contributed by atoms with Gasteiger partial charge in [0.25, 0.3) is 5.91 Å². The van der Waals surface area contributed by atoms with Gasteiger partial charge in [0, 0.05) is 18.8 Å². The fourth-order valence-electron chi connectivity index (χ4n) is 3.04. The molecule has 21 heavy (non-hydrogen) atoms. The third-order valence-electron chi connectivity index (χ3n) is 4.39. The van der Waals surface area contributed by atoms with E-state index < -0.39 is 12.0 Å². The second kappa shape index (κ2) is 5.37. The summed E-state index contributed by atoms with van der Waals surface area (Å²) in [5.41, 5.74) is 0.517. The molecule has 5 nitrogen and oxygen atoms in total. The quantitative estimate of drug-likeness (QED) is 0.933. The van der Waals surface area contributed by atoms with E-state index in [2.05, 4.69) is 0 Å². The summed E-state index contributed by atoms with van der Waals surface area (Å²) in [6.45, 7) is 2.52. The van der Waals surface area contributed by atoms with Crippen molar-refractivity contribution in [3.8, 4) is 0 Å². The van der Waals surface area contributed by atoms with Crippen molar-refractivity contribution in [1.82, 2.24) is 9.47 Å². The molecule has 1 aromatic heterocycles. The Labute approximate surface area is 128 Å². The van der Waals surface area contributed by atoms with Gasteiger partial charge in [0.1, 0.15) is 11.7 Å². The first-order chi connectivity index (χ1) is 9.97. The van der Waals surface area contributed by atoms with Gasteiger partial charge in [-0.2, -0.15) is 0 Å². The summed E-state index contributed by atoms with van der Waals surface area (Å²) in [4.78, 5) is 25.7. The van der Waals surface area contributed by atoms with Crippen LogP contribution in [0.25, 0.3) is 0 Å². The van der Waals surface area contributed by atoms with Gasteiger partial charge in [0.2, 0.25) is 0 Å². The number of aliphatic carboxylic acids is 1. The molecule has 1 aromatic rings. The first-order valence-electron chi connectivity index (χ1n) is 7.38. The number of aromatic nitrogens is 1. The van der Waals surface area contributed by atoms with E-state index >= 15 is 0 Å². The van der Waals surface area contributed by atoms with Crippen LogP contribution in [0.3, 0.4) is 0 Å². The number of hydrogen-bond donors (Lipinski definition) is 1. The van der Waals surface area contributed by atoms with Crippen LogP contribution in [0.1, 0.15) is 49.1 Å². The molecule has 0 spiro atoms. The summed E-state index contributed by atoms with van der Waals surface area (Å²) in [6, 6.07) is 1.25. The highest BCUT2D eigenvalue weighted by molar-refractivity contribution is 6.31. The normalized spacial score (nSPS) is 25.9. The van der Waals surface area contributed by atoms with Crippen LogP contribution in [0.2, 0.25) is 5.02 Å². The molecule has 1 aliphatic carbocycles. The van der Waals surface area contributed by atoms with Gasteiger partial charge in [0.05, 0.1) is 5.02 Å². The third-order valence-corrected chi connectivity index (χ3v) is 4.59. The van der Waals surface area contributed by atoms with E-state index in [0.29, 0.717) is 35.6 Å². The Bertz CT molecular complexity index is 579. The number of likely N-dealkylation sites (tertiary alicyclic amines) is 1. The first-order valence-corrected chi connectivity index (χ1v) is 7.76. The predicted octanol–water partition coefficient (Wildman–Crippen LogP) is 2.80. The summed E-state index contributed by atoms with van der Waals surface area (Å²) in [5, 5.41) is 9.92. The number of piperidine rings is 1. The molecule has 1 saturated heterocycles. The molecule has 1 N–H and O–H groups in total. The zero-order valence-electron chi connectivity index (χ0n) is 12.0. The Kier molecular flexibility index (Phi) is 3.69. The van der Waals surface area contributed by atoms with E-state index in [-0.39, 0.29) is 5.91 Å². The molecule has 1 amide bonds. The number of carbonyl (C=O) groups excluding carboxylic acids is 1. The minimum absolute atomic E-state index is 0.215. The molecule has 2 atom stereocenters. The van der Waals surface area contributed by atoms with Gasteiger partial charge in [-0.15, -0.1) is 0 Å². The van der Waals surface area contributed by atoms with Gasteiger partial charge in [-0.1, -0.05) is 18.5 Å². The summed E-state index contributed by atoms with van der Waals surface area (Å²) in [5.74, 6) is -0.812. The number of carboxylic acids is 1. The first kappa shape index (κ1) is 14.4. The molecule has 6 heteroatoms. The number of carboxylic acid groups (broad SMARTS) is 1. The molecule has 2 unspecified atom stereocenters. The Morgan fingerprint density at radius 1 is 1.33 bits per heavy atom. The second-order valence-corrected chi connectivity index (χ2v) is 6.60. The Morgan fingerprint density at radius 3 is 2.67 bits per heavy atom. The van der Waals surface area contributed by atoms with Gasteiger partial charge < -0.3 is 14.6 Å². The van der Waals surface area contributed by atoms with Gasteiger partial charge >= 0.3 is 5.97 Å². The highest BCUT2D eigenvalue weighted by atomic mass is 35.5. The van der Waals surface area contributed by atoms with Gasteiger partial charge in [-0.3, -0.25) is 4.79 Å². The third kappa shape index (κ3) is 2.79. The lowest BCUT2D eigenvalue weighted by atomic mass is 9.92. The van der Waals surface area contributed by atoms with Gasteiger partial charge in [-0.05, 0) is 37.7 Å². The van der Waals surface area contributed by atoms with Crippen molar-refractivity contribution in [1.29, 1.82) is 0 Å². The molecular weight excluding hydrogens is 292 g/mol.